The molecule has 0 spiro atoms. The Kier molecular flexibility index (Phi) is 5.26. The number of anilines is 1. The predicted octanol–water partition coefficient (Wildman–Crippen LogP) is 3.25. The molecule has 142 valence electrons. The summed E-state index contributed by atoms with van der Waals surface area (Å²) in [4.78, 5) is 9.90. The molecule has 0 aliphatic heterocycles. The van der Waals surface area contributed by atoms with E-state index in [1.807, 2.05) is 0 Å². The Hall–Kier alpha value is -2.63. The molecule has 0 saturated carbocycles. The Balaban J connectivity index is 2.54. The molecule has 1 aromatic carbocycles. The van der Waals surface area contributed by atoms with Gasteiger partial charge in [-0.25, -0.2) is 12.7 Å². The fourth-order valence-electron chi connectivity index (χ4n) is 2.22. The first-order chi connectivity index (χ1) is 12.0. The molecule has 0 bridgehead atoms. The van der Waals surface area contributed by atoms with Crippen molar-refractivity contribution in [2.24, 2.45) is 0 Å². The van der Waals surface area contributed by atoms with Gasteiger partial charge in [-0.1, -0.05) is 13.0 Å². The van der Waals surface area contributed by atoms with Crippen LogP contribution in [0.25, 0.3) is 0 Å². The largest absolute Gasteiger partial charge is 0.432 e. The third kappa shape index (κ3) is 3.79. The molecule has 1 heterocycles. The van der Waals surface area contributed by atoms with Gasteiger partial charge in [0.2, 0.25) is 0 Å². The SMILES string of the molecule is CCCN(c1cc(C(F)(F)F)[nH]n1)S(=O)(=O)c1ccc(C)c([N+](=O)[O-])c1. The van der Waals surface area contributed by atoms with Crippen LogP contribution in [0.3, 0.4) is 0 Å². The maximum Gasteiger partial charge on any atom is 0.432 e. The second-order valence-corrected chi connectivity index (χ2v) is 7.28. The number of nitrogens with zero attached hydrogens (tertiary/aromatic N) is 3. The standard InChI is InChI=1S/C14H15F3N4O4S/c1-3-6-20(13-8-12(18-19-13)14(15,16)17)26(24,25)10-5-4-9(2)11(7-10)21(22)23/h4-5,7-8H,3,6H2,1-2H3,(H,18,19). The molecule has 0 unspecified atom stereocenters. The molecule has 0 fully saturated rings. The van der Waals surface area contributed by atoms with Gasteiger partial charge in [-0.3, -0.25) is 15.2 Å². The van der Waals surface area contributed by atoms with E-state index in [9.17, 15) is 31.7 Å². The van der Waals surface area contributed by atoms with Crippen LogP contribution >= 0.6 is 0 Å². The number of aromatic nitrogens is 2. The van der Waals surface area contributed by atoms with Gasteiger partial charge in [0.25, 0.3) is 15.7 Å². The maximum atomic E-state index is 12.8. The van der Waals surface area contributed by atoms with Crippen molar-refractivity contribution in [3.05, 3.63) is 45.6 Å². The number of aromatic amines is 1. The highest BCUT2D eigenvalue weighted by molar-refractivity contribution is 7.92. The third-order valence-corrected chi connectivity index (χ3v) is 5.32. The Morgan fingerprint density at radius 1 is 1.31 bits per heavy atom. The van der Waals surface area contributed by atoms with Crippen LogP contribution in [0.2, 0.25) is 0 Å². The topological polar surface area (TPSA) is 109 Å². The molecule has 1 aromatic heterocycles. The smallest absolute Gasteiger partial charge is 0.271 e. The monoisotopic (exact) mass is 392 g/mol. The van der Waals surface area contributed by atoms with Crippen LogP contribution in [0.5, 0.6) is 0 Å². The number of nitro benzene ring substituents is 1. The van der Waals surface area contributed by atoms with E-state index in [1.165, 1.54) is 13.0 Å². The van der Waals surface area contributed by atoms with E-state index in [0.717, 1.165) is 12.1 Å². The van der Waals surface area contributed by atoms with Crippen molar-refractivity contribution < 1.29 is 26.5 Å². The number of sulfonamides is 1. The van der Waals surface area contributed by atoms with Crippen molar-refractivity contribution in [1.82, 2.24) is 10.2 Å². The van der Waals surface area contributed by atoms with Crippen LogP contribution in [-0.2, 0) is 16.2 Å². The van der Waals surface area contributed by atoms with Crippen LogP contribution in [0.15, 0.2) is 29.2 Å². The first-order valence-electron chi connectivity index (χ1n) is 7.39. The quantitative estimate of drug-likeness (QED) is 0.599. The van der Waals surface area contributed by atoms with Gasteiger partial charge in [-0.05, 0) is 19.4 Å². The maximum absolute atomic E-state index is 12.8. The van der Waals surface area contributed by atoms with Crippen LogP contribution in [0.4, 0.5) is 24.7 Å². The van der Waals surface area contributed by atoms with Gasteiger partial charge in [0.05, 0.1) is 9.82 Å². The lowest BCUT2D eigenvalue weighted by Crippen LogP contribution is -2.32. The lowest BCUT2D eigenvalue weighted by atomic mass is 10.2. The predicted molar refractivity (Wildman–Crippen MR) is 86.2 cm³/mol. The molecule has 0 aliphatic rings. The van der Waals surface area contributed by atoms with Gasteiger partial charge in [0.1, 0.15) is 5.69 Å². The molecule has 12 heteroatoms. The molecule has 0 aliphatic carbocycles. The highest BCUT2D eigenvalue weighted by Crippen LogP contribution is 2.32. The van der Waals surface area contributed by atoms with Gasteiger partial charge in [-0.15, -0.1) is 0 Å². The zero-order valence-electron chi connectivity index (χ0n) is 13.7. The number of rotatable bonds is 6. The summed E-state index contributed by atoms with van der Waals surface area (Å²) >= 11 is 0. The molecular weight excluding hydrogens is 377 g/mol. The second kappa shape index (κ2) is 6.94. The van der Waals surface area contributed by atoms with Crippen molar-refractivity contribution in [3.63, 3.8) is 0 Å². The minimum absolute atomic E-state index is 0.147. The second-order valence-electron chi connectivity index (χ2n) is 5.42. The summed E-state index contributed by atoms with van der Waals surface area (Å²) in [6.07, 6.45) is -4.42. The average molecular weight is 392 g/mol. The lowest BCUT2D eigenvalue weighted by Gasteiger charge is -2.21. The van der Waals surface area contributed by atoms with E-state index in [1.54, 1.807) is 12.0 Å². The number of hydrogen-bond donors (Lipinski definition) is 1. The van der Waals surface area contributed by atoms with Gasteiger partial charge in [0.15, 0.2) is 5.82 Å². The summed E-state index contributed by atoms with van der Waals surface area (Å²) in [6, 6.07) is 3.89. The first kappa shape index (κ1) is 19.7. The minimum atomic E-state index is -4.71. The number of hydrogen-bond acceptors (Lipinski definition) is 5. The summed E-state index contributed by atoms with van der Waals surface area (Å²) in [5.74, 6) is -0.442. The number of alkyl halides is 3. The van der Waals surface area contributed by atoms with Crippen molar-refractivity contribution in [1.29, 1.82) is 0 Å². The number of aryl methyl sites for hydroxylation is 1. The Bertz CT molecular complexity index is 925. The number of nitro groups is 1. The summed E-state index contributed by atoms with van der Waals surface area (Å²) in [7, 11) is -4.34. The van der Waals surface area contributed by atoms with Gasteiger partial charge < -0.3 is 0 Å². The number of nitrogens with one attached hydrogen (secondary N) is 1. The van der Waals surface area contributed by atoms with Gasteiger partial charge >= 0.3 is 6.18 Å². The van der Waals surface area contributed by atoms with Crippen LogP contribution in [0, 0.1) is 17.0 Å². The van der Waals surface area contributed by atoms with Crippen LogP contribution in [-0.4, -0.2) is 30.1 Å². The van der Waals surface area contributed by atoms with Crippen LogP contribution < -0.4 is 4.31 Å². The number of benzene rings is 1. The molecule has 2 rings (SSSR count). The lowest BCUT2D eigenvalue weighted by molar-refractivity contribution is -0.385. The van der Waals surface area contributed by atoms with E-state index in [-0.39, 0.29) is 12.1 Å². The molecule has 8 nitrogen and oxygen atoms in total. The van der Waals surface area contributed by atoms with E-state index < -0.39 is 43.2 Å². The zero-order valence-corrected chi connectivity index (χ0v) is 14.6. The number of halogens is 3. The molecular formula is C14H15F3N4O4S. The highest BCUT2D eigenvalue weighted by Gasteiger charge is 2.35. The fourth-order valence-corrected chi connectivity index (χ4v) is 3.74. The normalized spacial score (nSPS) is 12.2. The summed E-state index contributed by atoms with van der Waals surface area (Å²) in [5.41, 5.74) is -1.34. The highest BCUT2D eigenvalue weighted by atomic mass is 32.2. The summed E-state index contributed by atoms with van der Waals surface area (Å²) < 4.78 is 64.6. The molecule has 0 radical (unpaired) electrons. The van der Waals surface area contributed by atoms with E-state index in [0.29, 0.717) is 16.8 Å². The van der Waals surface area contributed by atoms with Crippen molar-refractivity contribution in [2.45, 2.75) is 31.3 Å². The Morgan fingerprint density at radius 3 is 2.46 bits per heavy atom. The summed E-state index contributed by atoms with van der Waals surface area (Å²) in [5, 5.41) is 16.2. The molecule has 0 amide bonds. The zero-order chi connectivity index (χ0) is 19.7. The Morgan fingerprint density at radius 2 is 1.96 bits per heavy atom. The molecule has 26 heavy (non-hydrogen) atoms. The molecule has 2 aromatic rings. The van der Waals surface area contributed by atoms with Gasteiger partial charge in [0, 0.05) is 24.2 Å². The average Bonchev–Trinajstić information content (AvgIpc) is 3.02. The van der Waals surface area contributed by atoms with E-state index in [2.05, 4.69) is 5.10 Å². The minimum Gasteiger partial charge on any atom is -0.271 e. The Labute approximate surface area is 146 Å². The van der Waals surface area contributed by atoms with Crippen molar-refractivity contribution >= 4 is 21.5 Å². The van der Waals surface area contributed by atoms with Crippen molar-refractivity contribution in [3.8, 4) is 0 Å². The molecule has 1 N–H and O–H groups in total. The first-order valence-corrected chi connectivity index (χ1v) is 8.83. The molecule has 0 saturated heterocycles. The van der Waals surface area contributed by atoms with E-state index in [4.69, 9.17) is 0 Å². The number of H-pyrrole nitrogens is 1. The fraction of sp³-hybridized carbons (Fsp3) is 0.357. The van der Waals surface area contributed by atoms with Gasteiger partial charge in [-0.2, -0.15) is 18.3 Å². The van der Waals surface area contributed by atoms with E-state index >= 15 is 0 Å². The van der Waals surface area contributed by atoms with Crippen molar-refractivity contribution in [2.75, 3.05) is 10.8 Å². The summed E-state index contributed by atoms with van der Waals surface area (Å²) in [6.45, 7) is 2.94. The van der Waals surface area contributed by atoms with Crippen LogP contribution in [0.1, 0.15) is 24.6 Å². The molecule has 0 atom stereocenters. The third-order valence-electron chi connectivity index (χ3n) is 3.52.